The molecule has 2 nitrogen and oxygen atoms in total. The standard InChI is InChI=1S/C14H28N2/c1-13-12-16(11-5-9-15-13)10-4-8-14-6-2-3-7-14/h13-15H,2-12H2,1H3. The van der Waals surface area contributed by atoms with E-state index in [-0.39, 0.29) is 0 Å². The summed E-state index contributed by atoms with van der Waals surface area (Å²) in [7, 11) is 0. The minimum atomic E-state index is 0.689. The summed E-state index contributed by atoms with van der Waals surface area (Å²) in [5, 5.41) is 3.56. The van der Waals surface area contributed by atoms with Crippen molar-refractivity contribution in [3.63, 3.8) is 0 Å². The largest absolute Gasteiger partial charge is 0.313 e. The van der Waals surface area contributed by atoms with Crippen LogP contribution >= 0.6 is 0 Å². The molecule has 1 aliphatic heterocycles. The summed E-state index contributed by atoms with van der Waals surface area (Å²) in [5.41, 5.74) is 0. The quantitative estimate of drug-likeness (QED) is 0.790. The number of nitrogens with zero attached hydrogens (tertiary/aromatic N) is 1. The van der Waals surface area contributed by atoms with Crippen molar-refractivity contribution >= 4 is 0 Å². The molecular formula is C14H28N2. The molecule has 0 aromatic rings. The fourth-order valence-corrected chi connectivity index (χ4v) is 3.30. The van der Waals surface area contributed by atoms with Gasteiger partial charge in [-0.3, -0.25) is 0 Å². The molecule has 1 saturated heterocycles. The molecule has 1 unspecified atom stereocenters. The minimum absolute atomic E-state index is 0.689. The predicted molar refractivity (Wildman–Crippen MR) is 69.7 cm³/mol. The maximum atomic E-state index is 3.56. The van der Waals surface area contributed by atoms with Crippen LogP contribution in [0.2, 0.25) is 0 Å². The van der Waals surface area contributed by atoms with E-state index in [0.29, 0.717) is 6.04 Å². The van der Waals surface area contributed by atoms with Gasteiger partial charge in [-0.05, 0) is 51.7 Å². The molecule has 1 aliphatic carbocycles. The first kappa shape index (κ1) is 12.4. The van der Waals surface area contributed by atoms with Crippen LogP contribution in [0.15, 0.2) is 0 Å². The average molecular weight is 224 g/mol. The highest BCUT2D eigenvalue weighted by molar-refractivity contribution is 4.74. The average Bonchev–Trinajstić information content (AvgIpc) is 2.69. The molecule has 0 radical (unpaired) electrons. The summed E-state index contributed by atoms with van der Waals surface area (Å²) in [6.07, 6.45) is 10.3. The lowest BCUT2D eigenvalue weighted by molar-refractivity contribution is 0.260. The molecule has 2 rings (SSSR count). The summed E-state index contributed by atoms with van der Waals surface area (Å²) in [6.45, 7) is 7.42. The number of nitrogens with one attached hydrogen (secondary N) is 1. The smallest absolute Gasteiger partial charge is 0.0166 e. The molecule has 1 atom stereocenters. The molecule has 2 aliphatic rings. The maximum absolute atomic E-state index is 3.56. The molecule has 1 N–H and O–H groups in total. The van der Waals surface area contributed by atoms with Crippen molar-refractivity contribution in [2.75, 3.05) is 26.2 Å². The first-order valence-electron chi connectivity index (χ1n) is 7.30. The molecule has 1 saturated carbocycles. The zero-order valence-corrected chi connectivity index (χ0v) is 10.9. The van der Waals surface area contributed by atoms with Gasteiger partial charge in [0.05, 0.1) is 0 Å². The second-order valence-corrected chi connectivity index (χ2v) is 5.80. The van der Waals surface area contributed by atoms with Crippen LogP contribution in [0.5, 0.6) is 0 Å². The zero-order chi connectivity index (χ0) is 11.2. The number of rotatable bonds is 4. The van der Waals surface area contributed by atoms with Gasteiger partial charge in [0.2, 0.25) is 0 Å². The fraction of sp³-hybridized carbons (Fsp3) is 1.00. The lowest BCUT2D eigenvalue weighted by Crippen LogP contribution is -2.35. The van der Waals surface area contributed by atoms with Crippen LogP contribution in [-0.2, 0) is 0 Å². The van der Waals surface area contributed by atoms with E-state index in [1.165, 1.54) is 71.1 Å². The Balaban J connectivity index is 1.60. The molecule has 0 aromatic heterocycles. The molecule has 16 heavy (non-hydrogen) atoms. The second-order valence-electron chi connectivity index (χ2n) is 5.80. The lowest BCUT2D eigenvalue weighted by Gasteiger charge is -2.22. The third-order valence-electron chi connectivity index (χ3n) is 4.24. The van der Waals surface area contributed by atoms with Gasteiger partial charge in [-0.2, -0.15) is 0 Å². The van der Waals surface area contributed by atoms with E-state index in [1.807, 2.05) is 0 Å². The van der Waals surface area contributed by atoms with E-state index in [4.69, 9.17) is 0 Å². The van der Waals surface area contributed by atoms with Gasteiger partial charge in [-0.15, -0.1) is 0 Å². The summed E-state index contributed by atoms with van der Waals surface area (Å²) in [5.74, 6) is 1.07. The van der Waals surface area contributed by atoms with Crippen LogP contribution in [0.25, 0.3) is 0 Å². The van der Waals surface area contributed by atoms with Crippen molar-refractivity contribution in [2.45, 2.75) is 57.9 Å². The molecular weight excluding hydrogens is 196 g/mol. The van der Waals surface area contributed by atoms with Crippen molar-refractivity contribution in [3.05, 3.63) is 0 Å². The van der Waals surface area contributed by atoms with E-state index in [9.17, 15) is 0 Å². The van der Waals surface area contributed by atoms with Gasteiger partial charge in [0.1, 0.15) is 0 Å². The lowest BCUT2D eigenvalue weighted by atomic mass is 10.0. The highest BCUT2D eigenvalue weighted by Gasteiger charge is 2.16. The Morgan fingerprint density at radius 2 is 2.00 bits per heavy atom. The summed E-state index contributed by atoms with van der Waals surface area (Å²) >= 11 is 0. The van der Waals surface area contributed by atoms with Gasteiger partial charge in [0.25, 0.3) is 0 Å². The van der Waals surface area contributed by atoms with E-state index < -0.39 is 0 Å². The second kappa shape index (κ2) is 6.61. The zero-order valence-electron chi connectivity index (χ0n) is 10.9. The summed E-state index contributed by atoms with van der Waals surface area (Å²) < 4.78 is 0. The Morgan fingerprint density at radius 1 is 1.19 bits per heavy atom. The van der Waals surface area contributed by atoms with Gasteiger partial charge < -0.3 is 10.2 Å². The molecule has 2 fully saturated rings. The van der Waals surface area contributed by atoms with Crippen molar-refractivity contribution in [3.8, 4) is 0 Å². The minimum Gasteiger partial charge on any atom is -0.313 e. The normalized spacial score (nSPS) is 29.4. The van der Waals surface area contributed by atoms with Crippen LogP contribution in [0, 0.1) is 5.92 Å². The van der Waals surface area contributed by atoms with Gasteiger partial charge in [0, 0.05) is 12.6 Å². The first-order valence-corrected chi connectivity index (χ1v) is 7.30. The molecule has 2 heteroatoms. The molecule has 1 heterocycles. The van der Waals surface area contributed by atoms with E-state index >= 15 is 0 Å². The third kappa shape index (κ3) is 4.06. The molecule has 94 valence electrons. The highest BCUT2D eigenvalue weighted by atomic mass is 15.2. The van der Waals surface area contributed by atoms with Gasteiger partial charge in [-0.25, -0.2) is 0 Å². The SMILES string of the molecule is CC1CN(CCCC2CCCC2)CCCN1. The molecule has 0 amide bonds. The Morgan fingerprint density at radius 3 is 2.81 bits per heavy atom. The molecule has 0 aromatic carbocycles. The topological polar surface area (TPSA) is 15.3 Å². The van der Waals surface area contributed by atoms with E-state index in [1.54, 1.807) is 0 Å². The highest BCUT2D eigenvalue weighted by Crippen LogP contribution is 2.28. The van der Waals surface area contributed by atoms with Crippen LogP contribution in [0.4, 0.5) is 0 Å². The Hall–Kier alpha value is -0.0800. The van der Waals surface area contributed by atoms with Crippen LogP contribution in [-0.4, -0.2) is 37.1 Å². The Labute approximate surface area is 101 Å². The summed E-state index contributed by atoms with van der Waals surface area (Å²) in [4.78, 5) is 2.67. The van der Waals surface area contributed by atoms with E-state index in [0.717, 1.165) is 5.92 Å². The van der Waals surface area contributed by atoms with E-state index in [2.05, 4.69) is 17.1 Å². The van der Waals surface area contributed by atoms with Crippen molar-refractivity contribution < 1.29 is 0 Å². The third-order valence-corrected chi connectivity index (χ3v) is 4.24. The molecule has 0 spiro atoms. The van der Waals surface area contributed by atoms with Crippen LogP contribution < -0.4 is 5.32 Å². The Bertz CT molecular complexity index is 187. The monoisotopic (exact) mass is 224 g/mol. The molecule has 0 bridgehead atoms. The van der Waals surface area contributed by atoms with Crippen LogP contribution in [0.1, 0.15) is 51.9 Å². The number of hydrogen-bond acceptors (Lipinski definition) is 2. The van der Waals surface area contributed by atoms with Gasteiger partial charge >= 0.3 is 0 Å². The van der Waals surface area contributed by atoms with Crippen molar-refractivity contribution in [1.29, 1.82) is 0 Å². The van der Waals surface area contributed by atoms with Gasteiger partial charge in [0.15, 0.2) is 0 Å². The fourth-order valence-electron chi connectivity index (χ4n) is 3.30. The van der Waals surface area contributed by atoms with Gasteiger partial charge in [-0.1, -0.05) is 25.7 Å². The number of hydrogen-bond donors (Lipinski definition) is 1. The van der Waals surface area contributed by atoms with Crippen molar-refractivity contribution in [2.24, 2.45) is 5.92 Å². The Kier molecular flexibility index (Phi) is 5.11. The van der Waals surface area contributed by atoms with Crippen molar-refractivity contribution in [1.82, 2.24) is 10.2 Å². The first-order chi connectivity index (χ1) is 7.84. The predicted octanol–water partition coefficient (Wildman–Crippen LogP) is 2.64. The maximum Gasteiger partial charge on any atom is 0.0166 e. The summed E-state index contributed by atoms with van der Waals surface area (Å²) in [6, 6.07) is 0.689. The van der Waals surface area contributed by atoms with Crippen LogP contribution in [0.3, 0.4) is 0 Å².